The Labute approximate surface area is 254 Å². The molecular formula is C35H44N4O4. The topological polar surface area (TPSA) is 109 Å². The number of carbonyl (C=O) groups excluding carboxylic acids is 2. The third-order valence-electron chi connectivity index (χ3n) is 8.61. The van der Waals surface area contributed by atoms with Crippen LogP contribution in [0.2, 0.25) is 0 Å². The van der Waals surface area contributed by atoms with Crippen molar-refractivity contribution in [3.05, 3.63) is 78.7 Å². The average molecular weight is 585 g/mol. The van der Waals surface area contributed by atoms with Crippen LogP contribution in [0.3, 0.4) is 0 Å². The zero-order chi connectivity index (χ0) is 31.3. The van der Waals surface area contributed by atoms with Crippen molar-refractivity contribution in [1.29, 1.82) is 0 Å². The number of nitrogens with zero attached hydrogens (tertiary/aromatic N) is 2. The van der Waals surface area contributed by atoms with Gasteiger partial charge in [-0.3, -0.25) is 19.6 Å². The fourth-order valence-corrected chi connectivity index (χ4v) is 6.00. The number of hydrogen-bond acceptors (Lipinski definition) is 6. The Morgan fingerprint density at radius 1 is 0.698 bits per heavy atom. The molecule has 0 saturated heterocycles. The van der Waals surface area contributed by atoms with Gasteiger partial charge in [0.25, 0.3) is 0 Å². The van der Waals surface area contributed by atoms with Crippen molar-refractivity contribution in [3.8, 4) is 0 Å². The summed E-state index contributed by atoms with van der Waals surface area (Å²) in [5, 5.41) is 0. The second-order valence-electron chi connectivity index (χ2n) is 10.9. The first-order chi connectivity index (χ1) is 20.7. The minimum absolute atomic E-state index is 0.138. The summed E-state index contributed by atoms with van der Waals surface area (Å²) in [6.07, 6.45) is 12.4. The van der Waals surface area contributed by atoms with E-state index in [1.165, 1.54) is 36.5 Å². The second-order valence-corrected chi connectivity index (χ2v) is 10.9. The lowest BCUT2D eigenvalue weighted by Gasteiger charge is -2.07. The van der Waals surface area contributed by atoms with E-state index in [0.29, 0.717) is 6.42 Å². The van der Waals surface area contributed by atoms with E-state index in [9.17, 15) is 9.59 Å². The van der Waals surface area contributed by atoms with E-state index in [-0.39, 0.29) is 24.8 Å². The summed E-state index contributed by atoms with van der Waals surface area (Å²) < 4.78 is 10.1. The predicted molar refractivity (Wildman–Crippen MR) is 173 cm³/mol. The largest absolute Gasteiger partial charge is 0.469 e. The van der Waals surface area contributed by atoms with E-state index in [1.54, 1.807) is 0 Å². The molecule has 2 aromatic rings. The molecule has 0 fully saturated rings. The molecule has 8 heteroatoms. The van der Waals surface area contributed by atoms with Crippen molar-refractivity contribution in [2.45, 2.75) is 86.5 Å². The molecule has 8 nitrogen and oxygen atoms in total. The Bertz CT molecular complexity index is 1490. The number of nitrogens with one attached hydrogen (secondary N) is 2. The number of esters is 2. The Balaban J connectivity index is 1.81. The normalized spacial score (nSPS) is 16.5. The van der Waals surface area contributed by atoms with Gasteiger partial charge in [0.15, 0.2) is 0 Å². The first kappa shape index (κ1) is 31.7. The van der Waals surface area contributed by atoms with Crippen LogP contribution in [0.1, 0.15) is 98.4 Å². The molecule has 4 rings (SSSR count). The molecule has 4 heterocycles. The molecule has 0 unspecified atom stereocenters. The lowest BCUT2D eigenvalue weighted by Crippen LogP contribution is -2.09. The molecule has 0 radical (unpaired) electrons. The summed E-state index contributed by atoms with van der Waals surface area (Å²) >= 11 is 0. The first-order valence-electron chi connectivity index (χ1n) is 15.2. The lowest BCUT2D eigenvalue weighted by molar-refractivity contribution is -0.140. The molecule has 43 heavy (non-hydrogen) atoms. The summed E-state index contributed by atoms with van der Waals surface area (Å²) in [6, 6.07) is 0. The molecule has 2 aromatic heterocycles. The minimum Gasteiger partial charge on any atom is -0.469 e. The Morgan fingerprint density at radius 3 is 1.42 bits per heavy atom. The number of methoxy groups -OCH3 is 2. The molecule has 0 spiro atoms. The number of H-pyrrole nitrogens is 2. The van der Waals surface area contributed by atoms with Crippen LogP contribution in [0.25, 0.3) is 12.2 Å². The summed E-state index contributed by atoms with van der Waals surface area (Å²) in [5.74, 6) is -0.618. The molecule has 2 aliphatic heterocycles. The van der Waals surface area contributed by atoms with E-state index in [2.05, 4.69) is 49.8 Å². The van der Waals surface area contributed by atoms with Gasteiger partial charge in [-0.05, 0) is 96.2 Å². The monoisotopic (exact) mass is 584 g/mol. The van der Waals surface area contributed by atoms with Crippen LogP contribution in [0.15, 0.2) is 43.7 Å². The maximum atomic E-state index is 12.5. The predicted octanol–water partition coefficient (Wildman–Crippen LogP) is 7.07. The fourth-order valence-electron chi connectivity index (χ4n) is 6.00. The summed E-state index contributed by atoms with van der Waals surface area (Å²) in [4.78, 5) is 41.6. The van der Waals surface area contributed by atoms with Crippen LogP contribution >= 0.6 is 0 Å². The lowest BCUT2D eigenvalue weighted by atomic mass is 9.99. The smallest absolute Gasteiger partial charge is 0.310 e. The van der Waals surface area contributed by atoms with Crippen LogP contribution in [-0.4, -0.2) is 48.6 Å². The highest BCUT2D eigenvalue weighted by Crippen LogP contribution is 2.33. The van der Waals surface area contributed by atoms with Crippen molar-refractivity contribution in [3.63, 3.8) is 0 Å². The van der Waals surface area contributed by atoms with E-state index < -0.39 is 0 Å². The van der Waals surface area contributed by atoms with E-state index in [1.807, 2.05) is 26.3 Å². The van der Waals surface area contributed by atoms with Gasteiger partial charge in [0.2, 0.25) is 0 Å². The van der Waals surface area contributed by atoms with Crippen molar-refractivity contribution < 1.29 is 19.1 Å². The molecule has 0 aliphatic carbocycles. The molecule has 2 aliphatic rings. The molecule has 0 atom stereocenters. The SMILES string of the molecule is CCC1=C(CC)C(=Cc2[nH]c(Cc3[nH]c(/C=C4\N=CC(CC)=C4CC)c(C)c3CC(=O)OC)c(CC(=O)OC)c2C)N=C1. The number of hydrogen-bond donors (Lipinski definition) is 2. The molecule has 228 valence electrons. The number of aromatic amines is 2. The van der Waals surface area contributed by atoms with E-state index in [4.69, 9.17) is 19.5 Å². The average Bonchev–Trinajstić information content (AvgIpc) is 3.75. The molecule has 0 saturated carbocycles. The van der Waals surface area contributed by atoms with Gasteiger partial charge in [-0.2, -0.15) is 0 Å². The van der Waals surface area contributed by atoms with Crippen LogP contribution in [0.4, 0.5) is 0 Å². The summed E-state index contributed by atoms with van der Waals surface area (Å²) in [5.41, 5.74) is 14.2. The van der Waals surface area contributed by atoms with Crippen LogP contribution < -0.4 is 0 Å². The van der Waals surface area contributed by atoms with Gasteiger partial charge in [0, 0.05) is 41.6 Å². The van der Waals surface area contributed by atoms with Gasteiger partial charge in [0.1, 0.15) is 0 Å². The maximum absolute atomic E-state index is 12.5. The zero-order valence-electron chi connectivity index (χ0n) is 26.8. The Kier molecular flexibility index (Phi) is 10.2. The van der Waals surface area contributed by atoms with Gasteiger partial charge < -0.3 is 19.4 Å². The van der Waals surface area contributed by atoms with Crippen LogP contribution in [0.5, 0.6) is 0 Å². The van der Waals surface area contributed by atoms with Crippen molar-refractivity contribution in [2.75, 3.05) is 14.2 Å². The van der Waals surface area contributed by atoms with E-state index in [0.717, 1.165) is 82.1 Å². The number of rotatable bonds is 12. The molecular weight excluding hydrogens is 540 g/mol. The molecule has 0 amide bonds. The zero-order valence-corrected chi connectivity index (χ0v) is 26.8. The standard InChI is InChI=1S/C35H44N4O4/c1-9-22-18-36-30(24(22)11-3)15-28-20(5)26(13-34(40)42-7)32(38-28)17-33-27(14-35(41)43-8)21(6)29(39-33)16-31-25(12-4)23(10-2)19-37-31/h15-16,18-19,38-39H,9-14,17H2,1-8H3/b30-15-,31-16?. The van der Waals surface area contributed by atoms with Gasteiger partial charge in [-0.1, -0.05) is 27.7 Å². The van der Waals surface area contributed by atoms with Gasteiger partial charge in [-0.15, -0.1) is 0 Å². The van der Waals surface area contributed by atoms with E-state index >= 15 is 0 Å². The molecule has 2 N–H and O–H groups in total. The van der Waals surface area contributed by atoms with Crippen molar-refractivity contribution >= 4 is 36.5 Å². The number of carbonyl (C=O) groups is 2. The van der Waals surface area contributed by atoms with Crippen LogP contribution in [0, 0.1) is 13.8 Å². The minimum atomic E-state index is -0.309. The number of aromatic nitrogens is 2. The molecule has 0 aromatic carbocycles. The number of ether oxygens (including phenoxy) is 2. The summed E-state index contributed by atoms with van der Waals surface area (Å²) in [7, 11) is 2.81. The fraction of sp³-hybridized carbons (Fsp3) is 0.429. The Hall–Kier alpha value is -4.20. The molecule has 0 bridgehead atoms. The number of aliphatic imine (C=N–C) groups is 2. The third kappa shape index (κ3) is 6.58. The van der Waals surface area contributed by atoms with Gasteiger partial charge >= 0.3 is 11.9 Å². The Morgan fingerprint density at radius 2 is 1.09 bits per heavy atom. The van der Waals surface area contributed by atoms with Gasteiger partial charge in [-0.25, -0.2) is 0 Å². The van der Waals surface area contributed by atoms with Crippen molar-refractivity contribution in [1.82, 2.24) is 9.97 Å². The second kappa shape index (κ2) is 13.8. The highest BCUT2D eigenvalue weighted by molar-refractivity contribution is 5.89. The summed E-state index contributed by atoms with van der Waals surface area (Å²) in [6.45, 7) is 12.6. The highest BCUT2D eigenvalue weighted by Gasteiger charge is 2.23. The third-order valence-corrected chi connectivity index (χ3v) is 8.61. The number of allylic oxidation sites excluding steroid dienone is 4. The van der Waals surface area contributed by atoms with Gasteiger partial charge in [0.05, 0.1) is 38.5 Å². The first-order valence-corrected chi connectivity index (χ1v) is 15.2. The maximum Gasteiger partial charge on any atom is 0.310 e. The quantitative estimate of drug-likeness (QED) is 0.260. The van der Waals surface area contributed by atoms with Crippen LogP contribution in [-0.2, 0) is 38.3 Å². The van der Waals surface area contributed by atoms with Crippen molar-refractivity contribution in [2.24, 2.45) is 9.98 Å². The highest BCUT2D eigenvalue weighted by atomic mass is 16.5.